The predicted molar refractivity (Wildman–Crippen MR) is 0 cm³/mol. The number of hydrogen-bond acceptors (Lipinski definition) is 0. The van der Waals surface area contributed by atoms with Crippen LogP contribution in [-0.2, 0) is 76.2 Å². The quantitative estimate of drug-likeness (QED) is 0.484. The van der Waals surface area contributed by atoms with Gasteiger partial charge in [0, 0.05) is 76.2 Å². The normalized spacial score (nSPS) is 0. The molecule has 0 nitrogen and oxygen atoms in total. The van der Waals surface area contributed by atoms with Gasteiger partial charge < -0.3 is 0 Å². The molecule has 0 rings (SSSR count). The number of hydrogen-bond donors (Lipinski definition) is 0. The van der Waals surface area contributed by atoms with Crippen LogP contribution in [0.25, 0.3) is 0 Å². The minimum absolute atomic E-state index is 0. The van der Waals surface area contributed by atoms with Gasteiger partial charge in [-0.1, -0.05) is 0 Å². The standard InChI is InChI=1S/Cr.Ti.2V. The first-order valence-corrected chi connectivity index (χ1v) is 0. The first-order chi connectivity index (χ1) is 0. The fourth-order valence-electron chi connectivity index (χ4n) is 0. The van der Waals surface area contributed by atoms with Gasteiger partial charge in [0.05, 0.1) is 0 Å². The SMILES string of the molecule is [Cr].[Ti].[V].[V]. The molecule has 0 spiro atoms. The van der Waals surface area contributed by atoms with Gasteiger partial charge in [0.2, 0.25) is 0 Å². The van der Waals surface area contributed by atoms with Crippen LogP contribution in [-0.4, -0.2) is 0 Å². The Kier molecular flexibility index (Phi) is 146. The van der Waals surface area contributed by atoms with Crippen LogP contribution in [0.4, 0.5) is 0 Å². The minimum atomic E-state index is 0. The molecule has 0 aromatic carbocycles. The Hall–Kier alpha value is 2.42. The van der Waals surface area contributed by atoms with E-state index in [4.69, 9.17) is 0 Å². The van der Waals surface area contributed by atoms with Crippen molar-refractivity contribution in [1.29, 1.82) is 0 Å². The molecule has 0 aliphatic heterocycles. The smallest absolute Gasteiger partial charge is 0 e. The summed E-state index contributed by atoms with van der Waals surface area (Å²) in [6.07, 6.45) is 0. The number of rotatable bonds is 0. The molecule has 4 heavy (non-hydrogen) atoms. The van der Waals surface area contributed by atoms with Crippen LogP contribution in [0.5, 0.6) is 0 Å². The molecule has 0 fully saturated rings. The summed E-state index contributed by atoms with van der Waals surface area (Å²) in [6.45, 7) is 0. The van der Waals surface area contributed by atoms with Gasteiger partial charge in [0.1, 0.15) is 0 Å². The third-order valence-electron chi connectivity index (χ3n) is 0. The molecule has 0 unspecified atom stereocenters. The van der Waals surface area contributed by atoms with Crippen LogP contribution in [0.3, 0.4) is 0 Å². The summed E-state index contributed by atoms with van der Waals surface area (Å²) in [5, 5.41) is 0. The summed E-state index contributed by atoms with van der Waals surface area (Å²) in [5.74, 6) is 0. The van der Waals surface area contributed by atoms with E-state index in [1.54, 1.807) is 0 Å². The van der Waals surface area contributed by atoms with Gasteiger partial charge in [-0.25, -0.2) is 0 Å². The van der Waals surface area contributed by atoms with Gasteiger partial charge in [-0.3, -0.25) is 0 Å². The molecule has 0 N–H and O–H groups in total. The average Bonchev–Trinajstić information content (AvgIpc) is 0. The van der Waals surface area contributed by atoms with E-state index < -0.39 is 0 Å². The molecule has 0 saturated carbocycles. The molecule has 2 radical (unpaired) electrons. The Balaban J connectivity index is 0. The monoisotopic (exact) mass is 202 g/mol. The molecule has 20 valence electrons. The van der Waals surface area contributed by atoms with Gasteiger partial charge in [-0.05, 0) is 0 Å². The van der Waals surface area contributed by atoms with Crippen molar-refractivity contribution in [2.75, 3.05) is 0 Å². The van der Waals surface area contributed by atoms with Crippen molar-refractivity contribution in [3.63, 3.8) is 0 Å². The van der Waals surface area contributed by atoms with Crippen molar-refractivity contribution in [2.45, 2.75) is 0 Å². The maximum atomic E-state index is 0. The van der Waals surface area contributed by atoms with E-state index in [1.807, 2.05) is 0 Å². The first kappa shape index (κ1) is 32.2. The molecule has 0 heterocycles. The molecule has 0 aliphatic rings. The fraction of sp³-hybridized carbons (Fsp3) is 0. The second-order valence-electron chi connectivity index (χ2n) is 0. The van der Waals surface area contributed by atoms with Crippen molar-refractivity contribution >= 4 is 0 Å². The second-order valence-corrected chi connectivity index (χ2v) is 0. The zero-order chi connectivity index (χ0) is 0. The topological polar surface area (TPSA) is 0 Å². The van der Waals surface area contributed by atoms with E-state index in [9.17, 15) is 0 Å². The maximum absolute atomic E-state index is 0. The Bertz CT molecular complexity index is 6.00. The Morgan fingerprint density at radius 2 is 0.750 bits per heavy atom. The molecular weight excluding hydrogens is 202 g/mol. The molecule has 0 aromatic rings. The first-order valence-electron chi connectivity index (χ1n) is 0. The van der Waals surface area contributed by atoms with E-state index in [-0.39, 0.29) is 76.2 Å². The third kappa shape index (κ3) is 8.83. The average molecular weight is 202 g/mol. The van der Waals surface area contributed by atoms with Crippen LogP contribution in [0, 0.1) is 0 Å². The summed E-state index contributed by atoms with van der Waals surface area (Å²) in [5.41, 5.74) is 0. The van der Waals surface area contributed by atoms with Crippen molar-refractivity contribution in [1.82, 2.24) is 0 Å². The summed E-state index contributed by atoms with van der Waals surface area (Å²) >= 11 is 0. The minimum Gasteiger partial charge on any atom is 0 e. The van der Waals surface area contributed by atoms with Crippen molar-refractivity contribution < 1.29 is 76.2 Å². The van der Waals surface area contributed by atoms with Crippen LogP contribution in [0.15, 0.2) is 0 Å². The van der Waals surface area contributed by atoms with Gasteiger partial charge in [-0.2, -0.15) is 0 Å². The molecule has 0 bridgehead atoms. The van der Waals surface area contributed by atoms with Crippen molar-refractivity contribution in [3.05, 3.63) is 0 Å². The zero-order valence-corrected chi connectivity index (χ0v) is 7.43. The van der Waals surface area contributed by atoms with Gasteiger partial charge in [-0.15, -0.1) is 0 Å². The largest absolute Gasteiger partial charge is 0 e. The fourth-order valence-corrected chi connectivity index (χ4v) is 0. The maximum Gasteiger partial charge on any atom is 0 e. The van der Waals surface area contributed by atoms with E-state index >= 15 is 0 Å². The predicted octanol–water partition coefficient (Wildman–Crippen LogP) is -0.0100. The summed E-state index contributed by atoms with van der Waals surface area (Å²) in [4.78, 5) is 0. The summed E-state index contributed by atoms with van der Waals surface area (Å²) in [6, 6.07) is 0. The molecular formula is CrTiV2. The van der Waals surface area contributed by atoms with Gasteiger partial charge >= 0.3 is 0 Å². The molecule has 0 saturated heterocycles. The van der Waals surface area contributed by atoms with E-state index in [1.165, 1.54) is 0 Å². The van der Waals surface area contributed by atoms with Gasteiger partial charge in [0.15, 0.2) is 0 Å². The van der Waals surface area contributed by atoms with Crippen LogP contribution < -0.4 is 0 Å². The van der Waals surface area contributed by atoms with E-state index in [0.29, 0.717) is 0 Å². The molecule has 4 heteroatoms. The van der Waals surface area contributed by atoms with E-state index in [2.05, 4.69) is 0 Å². The third-order valence-corrected chi connectivity index (χ3v) is 0. The Labute approximate surface area is 75.3 Å². The Morgan fingerprint density at radius 1 is 0.750 bits per heavy atom. The molecule has 0 aromatic heterocycles. The molecule has 0 amide bonds. The molecule has 0 aliphatic carbocycles. The van der Waals surface area contributed by atoms with Crippen LogP contribution >= 0.6 is 0 Å². The second kappa shape index (κ2) is 18.1. The summed E-state index contributed by atoms with van der Waals surface area (Å²) in [7, 11) is 0. The van der Waals surface area contributed by atoms with Crippen molar-refractivity contribution in [2.24, 2.45) is 0 Å². The zero-order valence-electron chi connectivity index (χ0n) is 1.80. The Morgan fingerprint density at radius 3 is 0.750 bits per heavy atom. The van der Waals surface area contributed by atoms with Crippen LogP contribution in [0.1, 0.15) is 0 Å². The van der Waals surface area contributed by atoms with Crippen LogP contribution in [0.2, 0.25) is 0 Å². The summed E-state index contributed by atoms with van der Waals surface area (Å²) < 4.78 is 0. The van der Waals surface area contributed by atoms with Gasteiger partial charge in [0.25, 0.3) is 0 Å². The van der Waals surface area contributed by atoms with Crippen molar-refractivity contribution in [3.8, 4) is 0 Å². The molecule has 0 atom stereocenters. The van der Waals surface area contributed by atoms with E-state index in [0.717, 1.165) is 0 Å².